The second kappa shape index (κ2) is 3.66. The van der Waals surface area contributed by atoms with Gasteiger partial charge in [-0.3, -0.25) is 0 Å². The number of hydrogen-bond acceptors (Lipinski definition) is 4. The number of anilines is 1. The lowest BCUT2D eigenvalue weighted by atomic mass is 10.2. The highest BCUT2D eigenvalue weighted by Crippen LogP contribution is 2.29. The molecule has 2 aromatic rings. The van der Waals surface area contributed by atoms with Crippen LogP contribution in [0.1, 0.15) is 5.82 Å². The van der Waals surface area contributed by atoms with E-state index in [1.807, 2.05) is 6.26 Å². The van der Waals surface area contributed by atoms with E-state index in [4.69, 9.17) is 5.73 Å². The summed E-state index contributed by atoms with van der Waals surface area (Å²) in [5, 5.41) is 0.731. The molecule has 2 N–H and O–H groups in total. The molecule has 0 fully saturated rings. The van der Waals surface area contributed by atoms with Gasteiger partial charge in [-0.1, -0.05) is 0 Å². The fourth-order valence-corrected chi connectivity index (χ4v) is 2.15. The molecule has 15 heavy (non-hydrogen) atoms. The van der Waals surface area contributed by atoms with Crippen molar-refractivity contribution in [1.29, 1.82) is 0 Å². The van der Waals surface area contributed by atoms with Crippen LogP contribution in [0.3, 0.4) is 0 Å². The first-order chi connectivity index (χ1) is 7.11. The Labute approximate surface area is 90.9 Å². The number of benzene rings is 1. The molecule has 1 heterocycles. The van der Waals surface area contributed by atoms with Crippen LogP contribution in [0.25, 0.3) is 10.9 Å². The minimum atomic E-state index is -0.302. The summed E-state index contributed by atoms with van der Waals surface area (Å²) in [6.07, 6.45) is 1.87. The predicted octanol–water partition coefficient (Wildman–Crippen LogP) is 2.38. The molecule has 1 aromatic heterocycles. The van der Waals surface area contributed by atoms with E-state index in [2.05, 4.69) is 9.97 Å². The van der Waals surface area contributed by atoms with Crippen molar-refractivity contribution in [2.75, 3.05) is 12.0 Å². The van der Waals surface area contributed by atoms with Crippen LogP contribution in [0, 0.1) is 12.7 Å². The topological polar surface area (TPSA) is 51.8 Å². The van der Waals surface area contributed by atoms with E-state index in [0.717, 1.165) is 10.3 Å². The number of nitrogen functional groups attached to an aromatic ring is 1. The summed E-state index contributed by atoms with van der Waals surface area (Å²) >= 11 is 1.43. The van der Waals surface area contributed by atoms with Gasteiger partial charge < -0.3 is 5.73 Å². The zero-order chi connectivity index (χ0) is 11.0. The van der Waals surface area contributed by atoms with Gasteiger partial charge >= 0.3 is 0 Å². The fourth-order valence-electron chi connectivity index (χ4n) is 1.50. The molecular formula is C10H10FN3S. The Kier molecular flexibility index (Phi) is 2.48. The van der Waals surface area contributed by atoms with Crippen LogP contribution in [-0.2, 0) is 0 Å². The average molecular weight is 223 g/mol. The van der Waals surface area contributed by atoms with Gasteiger partial charge in [-0.15, -0.1) is 11.8 Å². The third-order valence-corrected chi connectivity index (χ3v) is 2.85. The standard InChI is InChI=1S/C10H10FN3S/c1-5-13-7-3-6(11)4-8(15-2)9(7)10(12)14-5/h3-4H,1-2H3,(H2,12,13,14). The van der Waals surface area contributed by atoms with Crippen molar-refractivity contribution in [3.05, 3.63) is 23.8 Å². The van der Waals surface area contributed by atoms with E-state index in [1.165, 1.54) is 23.9 Å². The summed E-state index contributed by atoms with van der Waals surface area (Å²) in [6, 6.07) is 2.82. The van der Waals surface area contributed by atoms with Gasteiger partial charge in [-0.05, 0) is 19.2 Å². The van der Waals surface area contributed by atoms with Crippen LogP contribution < -0.4 is 5.73 Å². The van der Waals surface area contributed by atoms with Gasteiger partial charge in [0.15, 0.2) is 0 Å². The van der Waals surface area contributed by atoms with E-state index in [0.29, 0.717) is 17.2 Å². The van der Waals surface area contributed by atoms with Crippen molar-refractivity contribution in [3.8, 4) is 0 Å². The number of hydrogen-bond donors (Lipinski definition) is 1. The first-order valence-corrected chi connectivity index (χ1v) is 5.61. The summed E-state index contributed by atoms with van der Waals surface area (Å²) in [5.41, 5.74) is 6.36. The van der Waals surface area contributed by atoms with E-state index in [-0.39, 0.29) is 5.82 Å². The van der Waals surface area contributed by atoms with Gasteiger partial charge in [0.25, 0.3) is 0 Å². The quantitative estimate of drug-likeness (QED) is 0.754. The lowest BCUT2D eigenvalue weighted by Crippen LogP contribution is -1.99. The average Bonchev–Trinajstić information content (AvgIpc) is 2.14. The maximum Gasteiger partial charge on any atom is 0.136 e. The van der Waals surface area contributed by atoms with Gasteiger partial charge in [0, 0.05) is 11.0 Å². The normalized spacial score (nSPS) is 10.9. The zero-order valence-electron chi connectivity index (χ0n) is 8.41. The number of halogens is 1. The van der Waals surface area contributed by atoms with Crippen LogP contribution >= 0.6 is 11.8 Å². The largest absolute Gasteiger partial charge is 0.383 e. The molecule has 3 nitrogen and oxygen atoms in total. The van der Waals surface area contributed by atoms with Crippen LogP contribution in [0.2, 0.25) is 0 Å². The first kappa shape index (κ1) is 10.2. The van der Waals surface area contributed by atoms with Gasteiger partial charge in [0.05, 0.1) is 10.9 Å². The molecule has 0 radical (unpaired) electrons. The Bertz CT molecular complexity index is 522. The Morgan fingerprint density at radius 2 is 2.07 bits per heavy atom. The van der Waals surface area contributed by atoms with Gasteiger partial charge in [0.1, 0.15) is 17.5 Å². The molecular weight excluding hydrogens is 213 g/mol. The minimum Gasteiger partial charge on any atom is -0.383 e. The Morgan fingerprint density at radius 3 is 2.73 bits per heavy atom. The molecule has 2 rings (SSSR count). The highest BCUT2D eigenvalue weighted by molar-refractivity contribution is 7.98. The highest BCUT2D eigenvalue weighted by Gasteiger charge is 2.09. The van der Waals surface area contributed by atoms with Crippen molar-refractivity contribution < 1.29 is 4.39 Å². The molecule has 0 bridgehead atoms. The maximum absolute atomic E-state index is 13.2. The third kappa shape index (κ3) is 1.74. The molecule has 0 aliphatic rings. The number of thioether (sulfide) groups is 1. The molecule has 5 heteroatoms. The van der Waals surface area contributed by atoms with E-state index < -0.39 is 0 Å². The second-order valence-electron chi connectivity index (χ2n) is 3.16. The van der Waals surface area contributed by atoms with E-state index in [1.54, 1.807) is 6.92 Å². The number of fused-ring (bicyclic) bond motifs is 1. The van der Waals surface area contributed by atoms with E-state index >= 15 is 0 Å². The molecule has 1 aromatic carbocycles. The van der Waals surface area contributed by atoms with Crippen LogP contribution in [0.5, 0.6) is 0 Å². The van der Waals surface area contributed by atoms with Gasteiger partial charge in [-0.25, -0.2) is 14.4 Å². The Hall–Kier alpha value is -1.36. The summed E-state index contributed by atoms with van der Waals surface area (Å²) < 4.78 is 13.2. The number of rotatable bonds is 1. The molecule has 0 amide bonds. The number of nitrogens with zero attached hydrogens (tertiary/aromatic N) is 2. The summed E-state index contributed by atoms with van der Waals surface area (Å²) in [4.78, 5) is 9.00. The molecule has 0 aliphatic heterocycles. The van der Waals surface area contributed by atoms with Crippen molar-refractivity contribution in [2.24, 2.45) is 0 Å². The molecule has 78 valence electrons. The number of nitrogens with two attached hydrogens (primary N) is 1. The zero-order valence-corrected chi connectivity index (χ0v) is 9.23. The van der Waals surface area contributed by atoms with Crippen LogP contribution in [0.15, 0.2) is 17.0 Å². The van der Waals surface area contributed by atoms with Crippen molar-refractivity contribution in [3.63, 3.8) is 0 Å². The van der Waals surface area contributed by atoms with Crippen molar-refractivity contribution >= 4 is 28.5 Å². The second-order valence-corrected chi connectivity index (χ2v) is 4.01. The molecule has 0 saturated heterocycles. The summed E-state index contributed by atoms with van der Waals surface area (Å²) in [6.45, 7) is 1.74. The summed E-state index contributed by atoms with van der Waals surface area (Å²) in [7, 11) is 0. The van der Waals surface area contributed by atoms with Gasteiger partial charge in [-0.2, -0.15) is 0 Å². The monoisotopic (exact) mass is 223 g/mol. The van der Waals surface area contributed by atoms with E-state index in [9.17, 15) is 4.39 Å². The molecule has 0 atom stereocenters. The smallest absolute Gasteiger partial charge is 0.136 e. The minimum absolute atomic E-state index is 0.302. The van der Waals surface area contributed by atoms with Crippen LogP contribution in [-0.4, -0.2) is 16.2 Å². The lowest BCUT2D eigenvalue weighted by molar-refractivity contribution is 0.626. The fraction of sp³-hybridized carbons (Fsp3) is 0.200. The maximum atomic E-state index is 13.2. The number of aromatic nitrogens is 2. The van der Waals surface area contributed by atoms with Crippen LogP contribution in [0.4, 0.5) is 10.2 Å². The SMILES string of the molecule is CSc1cc(F)cc2nc(C)nc(N)c12. The Morgan fingerprint density at radius 1 is 1.33 bits per heavy atom. The van der Waals surface area contributed by atoms with Gasteiger partial charge in [0.2, 0.25) is 0 Å². The molecule has 0 spiro atoms. The molecule has 0 aliphatic carbocycles. The summed E-state index contributed by atoms with van der Waals surface area (Å²) in [5.74, 6) is 0.656. The lowest BCUT2D eigenvalue weighted by Gasteiger charge is -2.06. The predicted molar refractivity (Wildman–Crippen MR) is 60.4 cm³/mol. The molecule has 0 unspecified atom stereocenters. The Balaban J connectivity index is 2.90. The van der Waals surface area contributed by atoms with Crippen molar-refractivity contribution in [1.82, 2.24) is 9.97 Å². The first-order valence-electron chi connectivity index (χ1n) is 4.39. The highest BCUT2D eigenvalue weighted by atomic mass is 32.2. The number of aryl methyl sites for hydroxylation is 1. The van der Waals surface area contributed by atoms with Crippen molar-refractivity contribution in [2.45, 2.75) is 11.8 Å². The third-order valence-electron chi connectivity index (χ3n) is 2.09. The molecule has 0 saturated carbocycles.